The summed E-state index contributed by atoms with van der Waals surface area (Å²) < 4.78 is 0.720. The van der Waals surface area contributed by atoms with Crippen LogP contribution in [0.3, 0.4) is 0 Å². The van der Waals surface area contributed by atoms with Crippen molar-refractivity contribution in [3.63, 3.8) is 0 Å². The number of anilines is 1. The summed E-state index contributed by atoms with van der Waals surface area (Å²) in [5.74, 6) is 0.808. The van der Waals surface area contributed by atoms with Crippen LogP contribution in [0.25, 0.3) is 11.2 Å². The zero-order valence-electron chi connectivity index (χ0n) is 7.71. The van der Waals surface area contributed by atoms with Gasteiger partial charge in [0.1, 0.15) is 5.52 Å². The fourth-order valence-corrected chi connectivity index (χ4v) is 1.66. The number of aromatic amines is 1. The fraction of sp³-hybridized carbons (Fsp3) is 0.375. The van der Waals surface area contributed by atoms with Gasteiger partial charge >= 0.3 is 0 Å². The van der Waals surface area contributed by atoms with E-state index in [1.165, 1.54) is 0 Å². The number of fused-ring (bicyclic) bond motifs is 1. The number of hydrogen-bond donors (Lipinski definition) is 2. The predicted octanol–water partition coefficient (Wildman–Crippen LogP) is 1.78. The van der Waals surface area contributed by atoms with Gasteiger partial charge in [-0.25, -0.2) is 15.0 Å². The number of aromatic nitrogens is 4. The second-order valence-corrected chi connectivity index (χ2v) is 3.83. The van der Waals surface area contributed by atoms with E-state index in [2.05, 4.69) is 54.8 Å². The van der Waals surface area contributed by atoms with Gasteiger partial charge in [-0.15, -0.1) is 0 Å². The van der Waals surface area contributed by atoms with E-state index in [4.69, 9.17) is 0 Å². The number of H-pyrrole nitrogens is 1. The minimum atomic E-state index is 0.720. The van der Waals surface area contributed by atoms with Gasteiger partial charge in [0, 0.05) is 29.1 Å². The lowest BCUT2D eigenvalue weighted by molar-refractivity contribution is 0.965. The van der Waals surface area contributed by atoms with Crippen LogP contribution < -0.4 is 5.32 Å². The highest BCUT2D eigenvalue weighted by atomic mass is 127. The van der Waals surface area contributed by atoms with Gasteiger partial charge in [-0.1, -0.05) is 6.92 Å². The molecule has 0 aliphatic carbocycles. The molecule has 2 aromatic rings. The van der Waals surface area contributed by atoms with E-state index >= 15 is 0 Å². The molecule has 0 radical (unpaired) electrons. The smallest absolute Gasteiger partial charge is 0.194 e. The molecular weight excluding hydrogens is 293 g/mol. The molecule has 2 N–H and O–H groups in total. The molecule has 0 atom stereocenters. The molecule has 5 nitrogen and oxygen atoms in total. The molecule has 0 saturated carbocycles. The van der Waals surface area contributed by atoms with Crippen molar-refractivity contribution in [1.29, 1.82) is 0 Å². The van der Waals surface area contributed by atoms with Crippen molar-refractivity contribution in [2.24, 2.45) is 0 Å². The maximum Gasteiger partial charge on any atom is 0.194 e. The van der Waals surface area contributed by atoms with Crippen LogP contribution in [-0.4, -0.2) is 26.5 Å². The van der Waals surface area contributed by atoms with E-state index < -0.39 is 0 Å². The SMILES string of the molecule is CCCNc1nc(I)nc2[nH]cnc12. The van der Waals surface area contributed by atoms with E-state index in [0.717, 1.165) is 33.8 Å². The highest BCUT2D eigenvalue weighted by molar-refractivity contribution is 14.1. The summed E-state index contributed by atoms with van der Waals surface area (Å²) >= 11 is 2.09. The Balaban J connectivity index is 2.44. The summed E-state index contributed by atoms with van der Waals surface area (Å²) in [6, 6.07) is 0. The highest BCUT2D eigenvalue weighted by Gasteiger charge is 2.07. The summed E-state index contributed by atoms with van der Waals surface area (Å²) in [7, 11) is 0. The molecule has 0 bridgehead atoms. The van der Waals surface area contributed by atoms with Crippen LogP contribution in [0.4, 0.5) is 5.82 Å². The molecule has 0 unspecified atom stereocenters. The Morgan fingerprint density at radius 2 is 2.36 bits per heavy atom. The Morgan fingerprint density at radius 1 is 1.50 bits per heavy atom. The average Bonchev–Trinajstić information content (AvgIpc) is 2.61. The molecule has 0 saturated heterocycles. The minimum absolute atomic E-state index is 0.720. The first-order valence-electron chi connectivity index (χ1n) is 4.41. The van der Waals surface area contributed by atoms with Gasteiger partial charge in [0.25, 0.3) is 0 Å². The molecular formula is C8H10IN5. The van der Waals surface area contributed by atoms with E-state index in [1.807, 2.05) is 0 Å². The van der Waals surface area contributed by atoms with E-state index in [9.17, 15) is 0 Å². The number of nitrogens with zero attached hydrogens (tertiary/aromatic N) is 3. The second kappa shape index (κ2) is 4.07. The number of halogens is 1. The number of imidazole rings is 1. The summed E-state index contributed by atoms with van der Waals surface area (Å²) in [4.78, 5) is 15.7. The van der Waals surface area contributed by atoms with Crippen molar-refractivity contribution in [2.75, 3.05) is 11.9 Å². The maximum absolute atomic E-state index is 4.29. The van der Waals surface area contributed by atoms with E-state index in [1.54, 1.807) is 6.33 Å². The molecule has 14 heavy (non-hydrogen) atoms. The molecule has 0 fully saturated rings. The lowest BCUT2D eigenvalue weighted by atomic mass is 10.4. The quantitative estimate of drug-likeness (QED) is 0.670. The largest absolute Gasteiger partial charge is 0.368 e. The lowest BCUT2D eigenvalue weighted by Gasteiger charge is -2.03. The van der Waals surface area contributed by atoms with Gasteiger partial charge in [-0.05, 0) is 6.42 Å². The van der Waals surface area contributed by atoms with Crippen molar-refractivity contribution >= 4 is 39.6 Å². The van der Waals surface area contributed by atoms with Crippen molar-refractivity contribution < 1.29 is 0 Å². The zero-order valence-corrected chi connectivity index (χ0v) is 9.87. The van der Waals surface area contributed by atoms with E-state index in [0.29, 0.717) is 0 Å². The number of nitrogens with one attached hydrogen (secondary N) is 2. The highest BCUT2D eigenvalue weighted by Crippen LogP contribution is 2.16. The zero-order chi connectivity index (χ0) is 9.97. The monoisotopic (exact) mass is 303 g/mol. The molecule has 6 heteroatoms. The molecule has 0 spiro atoms. The first-order valence-corrected chi connectivity index (χ1v) is 5.49. The molecule has 2 rings (SSSR count). The summed E-state index contributed by atoms with van der Waals surface area (Å²) in [6.45, 7) is 3.01. The predicted molar refractivity (Wildman–Crippen MR) is 63.2 cm³/mol. The number of hydrogen-bond acceptors (Lipinski definition) is 4. The van der Waals surface area contributed by atoms with Crippen molar-refractivity contribution in [1.82, 2.24) is 19.9 Å². The van der Waals surface area contributed by atoms with Crippen LogP contribution in [0.2, 0.25) is 0 Å². The van der Waals surface area contributed by atoms with Gasteiger partial charge in [-0.2, -0.15) is 0 Å². The summed E-state index contributed by atoms with van der Waals surface area (Å²) in [6.07, 6.45) is 2.69. The summed E-state index contributed by atoms with van der Waals surface area (Å²) in [5, 5.41) is 3.23. The Labute approximate surface area is 94.9 Å². The molecule has 74 valence electrons. The van der Waals surface area contributed by atoms with Gasteiger partial charge in [0.15, 0.2) is 15.3 Å². The van der Waals surface area contributed by atoms with Crippen LogP contribution in [0.1, 0.15) is 13.3 Å². The van der Waals surface area contributed by atoms with Gasteiger partial charge in [-0.3, -0.25) is 0 Å². The Morgan fingerprint density at radius 3 is 3.14 bits per heavy atom. The maximum atomic E-state index is 4.29. The first-order chi connectivity index (χ1) is 6.81. The number of rotatable bonds is 3. The van der Waals surface area contributed by atoms with Gasteiger partial charge in [0.2, 0.25) is 0 Å². The van der Waals surface area contributed by atoms with E-state index in [-0.39, 0.29) is 0 Å². The third-order valence-corrected chi connectivity index (χ3v) is 2.28. The van der Waals surface area contributed by atoms with Crippen molar-refractivity contribution in [2.45, 2.75) is 13.3 Å². The van der Waals surface area contributed by atoms with Gasteiger partial charge < -0.3 is 10.3 Å². The Bertz CT molecular complexity index is 438. The van der Waals surface area contributed by atoms with Crippen molar-refractivity contribution in [3.05, 3.63) is 10.2 Å². The van der Waals surface area contributed by atoms with Crippen LogP contribution in [0, 0.1) is 3.83 Å². The normalized spacial score (nSPS) is 10.7. The van der Waals surface area contributed by atoms with Crippen molar-refractivity contribution in [3.8, 4) is 0 Å². The molecule has 2 heterocycles. The standard InChI is InChI=1S/C8H10IN5/c1-2-3-10-6-5-7(12-4-11-5)14-8(9)13-6/h4H,2-3H2,1H3,(H2,10,11,12,13,14). The molecule has 0 aliphatic heterocycles. The molecule has 0 aliphatic rings. The van der Waals surface area contributed by atoms with Crippen LogP contribution in [0.15, 0.2) is 6.33 Å². The second-order valence-electron chi connectivity index (χ2n) is 2.87. The average molecular weight is 303 g/mol. The first kappa shape index (κ1) is 9.63. The Hall–Kier alpha value is -0.920. The molecule has 2 aromatic heterocycles. The lowest BCUT2D eigenvalue weighted by Crippen LogP contribution is -2.04. The Kier molecular flexibility index (Phi) is 2.80. The third kappa shape index (κ3) is 1.79. The molecule has 0 aromatic carbocycles. The fourth-order valence-electron chi connectivity index (χ4n) is 1.18. The van der Waals surface area contributed by atoms with Crippen LogP contribution in [0.5, 0.6) is 0 Å². The molecule has 0 amide bonds. The minimum Gasteiger partial charge on any atom is -0.368 e. The topological polar surface area (TPSA) is 66.5 Å². The third-order valence-electron chi connectivity index (χ3n) is 1.79. The van der Waals surface area contributed by atoms with Crippen LogP contribution >= 0.6 is 22.6 Å². The van der Waals surface area contributed by atoms with Gasteiger partial charge in [0.05, 0.1) is 6.33 Å². The summed E-state index contributed by atoms with van der Waals surface area (Å²) in [5.41, 5.74) is 1.59. The van der Waals surface area contributed by atoms with Crippen LogP contribution in [-0.2, 0) is 0 Å².